The van der Waals surface area contributed by atoms with Crippen molar-refractivity contribution >= 4 is 7.37 Å². The Morgan fingerprint density at radius 3 is 2.36 bits per heavy atom. The fourth-order valence-electron chi connectivity index (χ4n) is 0.980. The maximum Gasteiger partial charge on any atom is 0.200 e. The van der Waals surface area contributed by atoms with Gasteiger partial charge in [0.1, 0.15) is 0 Å². The zero-order valence-corrected chi connectivity index (χ0v) is 8.05. The second-order valence-electron chi connectivity index (χ2n) is 3.22. The van der Waals surface area contributed by atoms with Crippen molar-refractivity contribution in [3.8, 4) is 0 Å². The number of rotatable bonds is 5. The number of hydrogen-bond donors (Lipinski definition) is 2. The zero-order chi connectivity index (χ0) is 8.91. The molecule has 0 aromatic rings. The van der Waals surface area contributed by atoms with E-state index in [1.807, 2.05) is 13.8 Å². The van der Waals surface area contributed by atoms with Crippen LogP contribution in [-0.4, -0.2) is 28.9 Å². The van der Waals surface area contributed by atoms with Gasteiger partial charge in [-0.25, -0.2) is 0 Å². The van der Waals surface area contributed by atoms with E-state index < -0.39 is 7.37 Å². The Kier molecular flexibility index (Phi) is 4.98. The molecule has 0 aliphatic heterocycles. The molecule has 0 aliphatic rings. The normalized spacial score (nSPS) is 16.8. The lowest BCUT2D eigenvalue weighted by Crippen LogP contribution is -2.02. The lowest BCUT2D eigenvalue weighted by Gasteiger charge is -2.12. The van der Waals surface area contributed by atoms with E-state index >= 15 is 0 Å². The predicted molar refractivity (Wildman–Crippen MR) is 46.1 cm³/mol. The third-order valence-electron chi connectivity index (χ3n) is 1.32. The van der Waals surface area contributed by atoms with Crippen LogP contribution in [0.3, 0.4) is 0 Å². The van der Waals surface area contributed by atoms with Crippen LogP contribution in [0.2, 0.25) is 0 Å². The monoisotopic (exact) mass is 180 g/mol. The van der Waals surface area contributed by atoms with Crippen molar-refractivity contribution in [2.24, 2.45) is 5.92 Å². The summed E-state index contributed by atoms with van der Waals surface area (Å²) in [5, 5.41) is 8.43. The fraction of sp³-hybridized carbons (Fsp3) is 1.00. The van der Waals surface area contributed by atoms with Crippen molar-refractivity contribution in [1.29, 1.82) is 0 Å². The number of aliphatic hydroxyl groups is 1. The first-order valence-corrected chi connectivity index (χ1v) is 5.92. The average molecular weight is 180 g/mol. The van der Waals surface area contributed by atoms with Crippen LogP contribution in [0.5, 0.6) is 0 Å². The third-order valence-corrected chi connectivity index (χ3v) is 3.63. The second kappa shape index (κ2) is 4.91. The van der Waals surface area contributed by atoms with Gasteiger partial charge in [-0.15, -0.1) is 0 Å². The zero-order valence-electron chi connectivity index (χ0n) is 7.16. The van der Waals surface area contributed by atoms with Crippen molar-refractivity contribution in [2.45, 2.75) is 20.3 Å². The molecule has 0 rings (SSSR count). The highest BCUT2D eigenvalue weighted by Crippen LogP contribution is 2.42. The van der Waals surface area contributed by atoms with Crippen molar-refractivity contribution < 1.29 is 14.6 Å². The molecule has 0 bridgehead atoms. The van der Waals surface area contributed by atoms with E-state index in [0.717, 1.165) is 0 Å². The molecule has 1 unspecified atom stereocenters. The SMILES string of the molecule is CC(C)CP(=O)(O)CCCO. The Hall–Kier alpha value is 0.150. The van der Waals surface area contributed by atoms with E-state index in [4.69, 9.17) is 5.11 Å². The maximum atomic E-state index is 11.2. The van der Waals surface area contributed by atoms with Crippen molar-refractivity contribution in [2.75, 3.05) is 18.9 Å². The molecule has 0 radical (unpaired) electrons. The minimum Gasteiger partial charge on any atom is -0.396 e. The molecule has 68 valence electrons. The summed E-state index contributed by atoms with van der Waals surface area (Å²) in [6.45, 7) is 3.84. The standard InChI is InChI=1S/C7H17O3P/c1-7(2)6-11(9,10)5-3-4-8/h7-8H,3-6H2,1-2H3,(H,9,10). The van der Waals surface area contributed by atoms with E-state index in [1.165, 1.54) is 0 Å². The van der Waals surface area contributed by atoms with Gasteiger partial charge in [0.25, 0.3) is 0 Å². The molecule has 0 fully saturated rings. The smallest absolute Gasteiger partial charge is 0.200 e. The summed E-state index contributed by atoms with van der Waals surface area (Å²) < 4.78 is 11.2. The molecule has 4 heteroatoms. The van der Waals surface area contributed by atoms with Crippen LogP contribution in [0.4, 0.5) is 0 Å². The van der Waals surface area contributed by atoms with Crippen molar-refractivity contribution in [3.63, 3.8) is 0 Å². The molecular formula is C7H17O3P. The molecule has 1 atom stereocenters. The van der Waals surface area contributed by atoms with Crippen molar-refractivity contribution in [1.82, 2.24) is 0 Å². The summed E-state index contributed by atoms with van der Waals surface area (Å²) in [6, 6.07) is 0. The molecule has 0 aromatic carbocycles. The largest absolute Gasteiger partial charge is 0.396 e. The van der Waals surface area contributed by atoms with Gasteiger partial charge in [0.05, 0.1) is 0 Å². The molecular weight excluding hydrogens is 163 g/mol. The van der Waals surface area contributed by atoms with Crippen LogP contribution in [-0.2, 0) is 4.57 Å². The topological polar surface area (TPSA) is 57.5 Å². The van der Waals surface area contributed by atoms with E-state index in [9.17, 15) is 9.46 Å². The highest BCUT2D eigenvalue weighted by atomic mass is 31.2. The van der Waals surface area contributed by atoms with E-state index in [0.29, 0.717) is 12.6 Å². The first kappa shape index (κ1) is 11.2. The van der Waals surface area contributed by atoms with E-state index in [1.54, 1.807) is 0 Å². The van der Waals surface area contributed by atoms with E-state index in [-0.39, 0.29) is 18.7 Å². The van der Waals surface area contributed by atoms with Crippen LogP contribution in [0, 0.1) is 5.92 Å². The number of aliphatic hydroxyl groups excluding tert-OH is 1. The van der Waals surface area contributed by atoms with Gasteiger partial charge in [0.15, 0.2) is 0 Å². The summed E-state index contributed by atoms with van der Waals surface area (Å²) in [5.74, 6) is 0.254. The van der Waals surface area contributed by atoms with E-state index in [2.05, 4.69) is 0 Å². The van der Waals surface area contributed by atoms with Gasteiger partial charge in [-0.3, -0.25) is 4.57 Å². The number of hydrogen-bond acceptors (Lipinski definition) is 2. The average Bonchev–Trinajstić information content (AvgIpc) is 1.81. The lowest BCUT2D eigenvalue weighted by atomic mass is 10.3. The van der Waals surface area contributed by atoms with Gasteiger partial charge < -0.3 is 10.00 Å². The highest BCUT2D eigenvalue weighted by Gasteiger charge is 2.18. The first-order valence-electron chi connectivity index (χ1n) is 3.89. The molecule has 0 aliphatic carbocycles. The summed E-state index contributed by atoms with van der Waals surface area (Å²) in [7, 11) is -2.93. The lowest BCUT2D eigenvalue weighted by molar-refractivity contribution is 0.293. The summed E-state index contributed by atoms with van der Waals surface area (Å²) >= 11 is 0. The molecule has 11 heavy (non-hydrogen) atoms. The van der Waals surface area contributed by atoms with Crippen molar-refractivity contribution in [3.05, 3.63) is 0 Å². The fourth-order valence-corrected chi connectivity index (χ4v) is 2.94. The minimum atomic E-state index is -2.93. The summed E-state index contributed by atoms with van der Waals surface area (Å²) in [4.78, 5) is 9.26. The molecule has 0 saturated heterocycles. The van der Waals surface area contributed by atoms with Crippen LogP contribution >= 0.6 is 7.37 Å². The highest BCUT2D eigenvalue weighted by molar-refractivity contribution is 7.57. The van der Waals surface area contributed by atoms with Gasteiger partial charge >= 0.3 is 0 Å². The molecule has 3 nitrogen and oxygen atoms in total. The van der Waals surface area contributed by atoms with Crippen LogP contribution in [0.1, 0.15) is 20.3 Å². The Morgan fingerprint density at radius 1 is 1.45 bits per heavy atom. The second-order valence-corrected chi connectivity index (χ2v) is 5.73. The van der Waals surface area contributed by atoms with Gasteiger partial charge in [0, 0.05) is 18.9 Å². The molecule has 0 spiro atoms. The van der Waals surface area contributed by atoms with Crippen LogP contribution < -0.4 is 0 Å². The maximum absolute atomic E-state index is 11.2. The minimum absolute atomic E-state index is 0.00262. The summed E-state index contributed by atoms with van der Waals surface area (Å²) in [5.41, 5.74) is 0. The van der Waals surface area contributed by atoms with Gasteiger partial charge in [-0.05, 0) is 12.3 Å². The Bertz CT molecular complexity index is 145. The molecule has 2 N–H and O–H groups in total. The first-order chi connectivity index (χ1) is 4.98. The van der Waals surface area contributed by atoms with Gasteiger partial charge in [-0.1, -0.05) is 13.8 Å². The van der Waals surface area contributed by atoms with Crippen LogP contribution in [0.15, 0.2) is 0 Å². The Morgan fingerprint density at radius 2 is 2.00 bits per heavy atom. The van der Waals surface area contributed by atoms with Crippen LogP contribution in [0.25, 0.3) is 0 Å². The molecule has 0 saturated carbocycles. The predicted octanol–water partition coefficient (Wildman–Crippen LogP) is 1.30. The summed E-state index contributed by atoms with van der Waals surface area (Å²) in [6.07, 6.45) is 1.05. The van der Waals surface area contributed by atoms with Gasteiger partial charge in [0.2, 0.25) is 7.37 Å². The molecule has 0 heterocycles. The Balaban J connectivity index is 3.71. The molecule has 0 amide bonds. The van der Waals surface area contributed by atoms with Gasteiger partial charge in [-0.2, -0.15) is 0 Å². The Labute approximate surface area is 67.9 Å². The third kappa shape index (κ3) is 6.54. The quantitative estimate of drug-likeness (QED) is 0.627. The molecule has 0 aromatic heterocycles.